The fourth-order valence-electron chi connectivity index (χ4n) is 0.894. The van der Waals surface area contributed by atoms with Gasteiger partial charge in [-0.25, -0.2) is 0 Å². The molecule has 0 radical (unpaired) electrons. The van der Waals surface area contributed by atoms with Crippen molar-refractivity contribution < 1.29 is 19.1 Å². The fraction of sp³-hybridized carbons (Fsp3) is 0.750. The van der Waals surface area contributed by atoms with Crippen molar-refractivity contribution in [1.82, 2.24) is 0 Å². The molecule has 0 rings (SSSR count). The molecule has 0 saturated heterocycles. The molecule has 5 nitrogen and oxygen atoms in total. The molecule has 0 saturated carbocycles. The first-order valence-corrected chi connectivity index (χ1v) is 5.55. The Morgan fingerprint density at radius 2 is 1.76 bits per heavy atom. The summed E-state index contributed by atoms with van der Waals surface area (Å²) in [6.45, 7) is 7.18. The summed E-state index contributed by atoms with van der Waals surface area (Å²) in [5.41, 5.74) is -1.15. The summed E-state index contributed by atoms with van der Waals surface area (Å²) in [5, 5.41) is 8.65. The molecule has 0 aliphatic rings. The lowest BCUT2D eigenvalue weighted by Crippen LogP contribution is -2.26. The average Bonchev–Trinajstić information content (AvgIpc) is 2.23. The largest absolute Gasteiger partial charge is 0.465 e. The van der Waals surface area contributed by atoms with Crippen molar-refractivity contribution in [2.75, 3.05) is 6.61 Å². The SMILES string of the molecule is CC(C)COC(=O)CCC(=O)OC(C)(C)C#N. The van der Waals surface area contributed by atoms with Crippen LogP contribution in [0, 0.1) is 17.2 Å². The second-order valence-corrected chi connectivity index (χ2v) is 4.67. The third-order valence-corrected chi connectivity index (χ3v) is 1.75. The molecular formula is C12H19NO4. The highest BCUT2D eigenvalue weighted by molar-refractivity contribution is 5.78. The van der Waals surface area contributed by atoms with Gasteiger partial charge in [-0.2, -0.15) is 5.26 Å². The van der Waals surface area contributed by atoms with Crippen molar-refractivity contribution in [2.24, 2.45) is 5.92 Å². The number of hydrogen-bond donors (Lipinski definition) is 0. The van der Waals surface area contributed by atoms with Crippen LogP contribution in [0.1, 0.15) is 40.5 Å². The van der Waals surface area contributed by atoms with Gasteiger partial charge in [-0.1, -0.05) is 13.8 Å². The summed E-state index contributed by atoms with van der Waals surface area (Å²) in [5.74, 6) is -0.730. The van der Waals surface area contributed by atoms with Crippen LogP contribution in [-0.4, -0.2) is 24.1 Å². The maximum atomic E-state index is 11.3. The van der Waals surface area contributed by atoms with Gasteiger partial charge in [0.25, 0.3) is 0 Å². The number of carbonyl (C=O) groups excluding carboxylic acids is 2. The minimum absolute atomic E-state index is 0.0208. The Balaban J connectivity index is 3.86. The van der Waals surface area contributed by atoms with E-state index in [1.54, 1.807) is 0 Å². The fourth-order valence-corrected chi connectivity index (χ4v) is 0.894. The van der Waals surface area contributed by atoms with Gasteiger partial charge < -0.3 is 9.47 Å². The molecule has 96 valence electrons. The van der Waals surface area contributed by atoms with Crippen LogP contribution < -0.4 is 0 Å². The van der Waals surface area contributed by atoms with Gasteiger partial charge in [0.15, 0.2) is 5.60 Å². The number of nitrogens with zero attached hydrogens (tertiary/aromatic N) is 1. The van der Waals surface area contributed by atoms with E-state index in [0.717, 1.165) is 0 Å². The zero-order valence-electron chi connectivity index (χ0n) is 10.8. The number of carbonyl (C=O) groups is 2. The van der Waals surface area contributed by atoms with Crippen LogP contribution in [0.25, 0.3) is 0 Å². The van der Waals surface area contributed by atoms with Crippen molar-refractivity contribution in [2.45, 2.75) is 46.1 Å². The van der Waals surface area contributed by atoms with E-state index < -0.39 is 17.5 Å². The van der Waals surface area contributed by atoms with Gasteiger partial charge in [-0.15, -0.1) is 0 Å². The second-order valence-electron chi connectivity index (χ2n) is 4.67. The molecule has 5 heteroatoms. The highest BCUT2D eigenvalue weighted by Gasteiger charge is 2.22. The maximum Gasteiger partial charge on any atom is 0.307 e. The number of nitriles is 1. The summed E-state index contributed by atoms with van der Waals surface area (Å²) < 4.78 is 9.75. The molecule has 0 heterocycles. The molecule has 0 N–H and O–H groups in total. The molecule has 0 unspecified atom stereocenters. The normalized spacial score (nSPS) is 10.8. The molecule has 0 aliphatic carbocycles. The van der Waals surface area contributed by atoms with Gasteiger partial charge in [-0.05, 0) is 19.8 Å². The van der Waals surface area contributed by atoms with Crippen LogP contribution in [0.5, 0.6) is 0 Å². The maximum absolute atomic E-state index is 11.3. The van der Waals surface area contributed by atoms with Gasteiger partial charge in [-0.3, -0.25) is 9.59 Å². The van der Waals surface area contributed by atoms with E-state index in [9.17, 15) is 9.59 Å². The van der Waals surface area contributed by atoms with Crippen molar-refractivity contribution in [1.29, 1.82) is 5.26 Å². The van der Waals surface area contributed by atoms with Gasteiger partial charge >= 0.3 is 11.9 Å². The summed E-state index contributed by atoms with van der Waals surface area (Å²) in [6.07, 6.45) is -0.0882. The number of esters is 2. The second kappa shape index (κ2) is 6.89. The monoisotopic (exact) mass is 241 g/mol. The number of hydrogen-bond acceptors (Lipinski definition) is 5. The Kier molecular flexibility index (Phi) is 6.26. The standard InChI is InChI=1S/C12H19NO4/c1-9(2)7-16-10(14)5-6-11(15)17-12(3,4)8-13/h9H,5-7H2,1-4H3. The highest BCUT2D eigenvalue weighted by atomic mass is 16.6. The molecule has 0 aliphatic heterocycles. The van der Waals surface area contributed by atoms with Gasteiger partial charge in [0.05, 0.1) is 19.4 Å². The Labute approximate surface area is 102 Å². The van der Waals surface area contributed by atoms with E-state index in [1.165, 1.54) is 13.8 Å². The Morgan fingerprint density at radius 1 is 1.24 bits per heavy atom. The third kappa shape index (κ3) is 8.26. The van der Waals surface area contributed by atoms with E-state index in [2.05, 4.69) is 0 Å². The molecule has 0 atom stereocenters. The summed E-state index contributed by atoms with van der Waals surface area (Å²) in [4.78, 5) is 22.5. The lowest BCUT2D eigenvalue weighted by Gasteiger charge is -2.16. The van der Waals surface area contributed by atoms with Crippen LogP contribution in [0.4, 0.5) is 0 Å². The summed E-state index contributed by atoms with van der Waals surface area (Å²) in [7, 11) is 0. The molecule has 0 aromatic carbocycles. The van der Waals surface area contributed by atoms with Crippen LogP contribution >= 0.6 is 0 Å². The van der Waals surface area contributed by atoms with E-state index in [1.807, 2.05) is 19.9 Å². The van der Waals surface area contributed by atoms with E-state index in [0.29, 0.717) is 6.61 Å². The van der Waals surface area contributed by atoms with Crippen LogP contribution in [0.2, 0.25) is 0 Å². The predicted octanol–water partition coefficient (Wildman–Crippen LogP) is 1.81. The zero-order valence-corrected chi connectivity index (χ0v) is 10.8. The topological polar surface area (TPSA) is 76.4 Å². The summed E-state index contributed by atoms with van der Waals surface area (Å²) in [6, 6.07) is 1.84. The molecule has 0 spiro atoms. The minimum atomic E-state index is -1.15. The zero-order chi connectivity index (χ0) is 13.5. The van der Waals surface area contributed by atoms with E-state index in [4.69, 9.17) is 14.7 Å². The Morgan fingerprint density at radius 3 is 2.24 bits per heavy atom. The summed E-state index contributed by atoms with van der Waals surface area (Å²) >= 11 is 0. The van der Waals surface area contributed by atoms with E-state index >= 15 is 0 Å². The Bertz CT molecular complexity index is 315. The average molecular weight is 241 g/mol. The minimum Gasteiger partial charge on any atom is -0.465 e. The van der Waals surface area contributed by atoms with Crippen molar-refractivity contribution in [3.8, 4) is 6.07 Å². The first-order chi connectivity index (χ1) is 7.76. The molecule has 0 aromatic heterocycles. The number of rotatable bonds is 6. The molecule has 17 heavy (non-hydrogen) atoms. The molecule has 0 amide bonds. The molecular weight excluding hydrogens is 222 g/mol. The van der Waals surface area contributed by atoms with E-state index in [-0.39, 0.29) is 18.8 Å². The first kappa shape index (κ1) is 15.4. The van der Waals surface area contributed by atoms with Crippen LogP contribution in [0.15, 0.2) is 0 Å². The smallest absolute Gasteiger partial charge is 0.307 e. The third-order valence-electron chi connectivity index (χ3n) is 1.75. The quantitative estimate of drug-likeness (QED) is 0.663. The van der Waals surface area contributed by atoms with Gasteiger partial charge in [0.2, 0.25) is 0 Å². The van der Waals surface area contributed by atoms with Crippen LogP contribution in [0.3, 0.4) is 0 Å². The van der Waals surface area contributed by atoms with Gasteiger partial charge in [0.1, 0.15) is 6.07 Å². The Hall–Kier alpha value is -1.57. The first-order valence-electron chi connectivity index (χ1n) is 5.55. The van der Waals surface area contributed by atoms with Crippen molar-refractivity contribution in [3.63, 3.8) is 0 Å². The molecule has 0 fully saturated rings. The van der Waals surface area contributed by atoms with Gasteiger partial charge in [0, 0.05) is 0 Å². The lowest BCUT2D eigenvalue weighted by molar-refractivity contribution is -0.156. The number of ether oxygens (including phenoxy) is 2. The van der Waals surface area contributed by atoms with Crippen molar-refractivity contribution in [3.05, 3.63) is 0 Å². The molecule has 0 aromatic rings. The lowest BCUT2D eigenvalue weighted by atomic mass is 10.2. The highest BCUT2D eigenvalue weighted by Crippen LogP contribution is 2.09. The van der Waals surface area contributed by atoms with Crippen LogP contribution in [-0.2, 0) is 19.1 Å². The molecule has 0 bridgehead atoms. The van der Waals surface area contributed by atoms with Crippen molar-refractivity contribution >= 4 is 11.9 Å². The predicted molar refractivity (Wildman–Crippen MR) is 60.8 cm³/mol.